The highest BCUT2D eigenvalue weighted by molar-refractivity contribution is 7.90. The van der Waals surface area contributed by atoms with Crippen molar-refractivity contribution in [2.45, 2.75) is 5.75 Å². The van der Waals surface area contributed by atoms with E-state index in [1.165, 1.54) is 12.1 Å². The molecule has 1 saturated heterocycles. The van der Waals surface area contributed by atoms with Crippen molar-refractivity contribution in [2.24, 2.45) is 5.92 Å². The molecule has 1 fully saturated rings. The Balaban J connectivity index is 2.18. The van der Waals surface area contributed by atoms with Crippen LogP contribution >= 0.6 is 0 Å². The normalized spacial score (nSPS) is 16.1. The molecule has 0 atom stereocenters. The second-order valence-corrected chi connectivity index (χ2v) is 6.70. The van der Waals surface area contributed by atoms with Gasteiger partial charge in [-0.2, -0.15) is 4.39 Å². The summed E-state index contributed by atoms with van der Waals surface area (Å²) in [5.74, 6) is -1.55. The highest BCUT2D eigenvalue weighted by Gasteiger charge is 2.26. The van der Waals surface area contributed by atoms with E-state index in [4.69, 9.17) is 0 Å². The average molecular weight is 288 g/mol. The van der Waals surface area contributed by atoms with Gasteiger partial charge in [-0.3, -0.25) is 10.1 Å². The minimum absolute atomic E-state index is 0.0257. The fourth-order valence-corrected chi connectivity index (χ4v) is 3.71. The van der Waals surface area contributed by atoms with Crippen molar-refractivity contribution in [3.05, 3.63) is 39.7 Å². The Bertz CT molecular complexity index is 599. The zero-order chi connectivity index (χ0) is 14.0. The summed E-state index contributed by atoms with van der Waals surface area (Å²) in [6, 6.07) is 3.57. The molecule has 1 aliphatic heterocycles. The SMILES string of the molecule is O=[N+]([O-])c1cccc(CS(=O)(=O)CC2CNC2)c1F. The molecule has 19 heavy (non-hydrogen) atoms. The van der Waals surface area contributed by atoms with Crippen molar-refractivity contribution in [3.8, 4) is 0 Å². The number of benzene rings is 1. The first-order valence-corrected chi connectivity index (χ1v) is 7.54. The lowest BCUT2D eigenvalue weighted by Crippen LogP contribution is -2.45. The Morgan fingerprint density at radius 3 is 2.63 bits per heavy atom. The largest absolute Gasteiger partial charge is 0.316 e. The van der Waals surface area contributed by atoms with Crippen LogP contribution in [0.1, 0.15) is 5.56 Å². The minimum atomic E-state index is -3.46. The predicted octanol–water partition coefficient (Wildman–Crippen LogP) is 0.868. The van der Waals surface area contributed by atoms with E-state index in [0.29, 0.717) is 13.1 Å². The van der Waals surface area contributed by atoms with E-state index in [0.717, 1.165) is 6.07 Å². The number of halogens is 1. The Labute approximate surface area is 109 Å². The average Bonchev–Trinajstić information content (AvgIpc) is 2.26. The highest BCUT2D eigenvalue weighted by atomic mass is 32.2. The Morgan fingerprint density at radius 2 is 2.11 bits per heavy atom. The molecule has 0 saturated carbocycles. The van der Waals surface area contributed by atoms with Crippen LogP contribution in [0.3, 0.4) is 0 Å². The summed E-state index contributed by atoms with van der Waals surface area (Å²) >= 11 is 0. The summed E-state index contributed by atoms with van der Waals surface area (Å²) in [5, 5.41) is 13.5. The number of nitro groups is 1. The number of hydrogen-bond donors (Lipinski definition) is 1. The fraction of sp³-hybridized carbons (Fsp3) is 0.455. The third kappa shape index (κ3) is 3.27. The van der Waals surface area contributed by atoms with Gasteiger partial charge in [0.1, 0.15) is 0 Å². The maximum absolute atomic E-state index is 13.8. The molecule has 1 aromatic carbocycles. The van der Waals surface area contributed by atoms with Gasteiger partial charge in [0.05, 0.1) is 16.4 Å². The van der Waals surface area contributed by atoms with Gasteiger partial charge in [0.15, 0.2) is 9.84 Å². The molecule has 0 aliphatic carbocycles. The van der Waals surface area contributed by atoms with Crippen molar-refractivity contribution in [2.75, 3.05) is 18.8 Å². The summed E-state index contributed by atoms with van der Waals surface area (Å²) in [6.45, 7) is 1.27. The molecular formula is C11H13FN2O4S. The molecule has 0 amide bonds. The molecule has 0 aromatic heterocycles. The first kappa shape index (κ1) is 13.9. The summed E-state index contributed by atoms with van der Waals surface area (Å²) in [6.07, 6.45) is 0. The van der Waals surface area contributed by atoms with Crippen LogP contribution in [0.5, 0.6) is 0 Å². The van der Waals surface area contributed by atoms with Crippen molar-refractivity contribution < 1.29 is 17.7 Å². The van der Waals surface area contributed by atoms with Crippen LogP contribution in [0, 0.1) is 21.8 Å². The van der Waals surface area contributed by atoms with Gasteiger partial charge in [0.25, 0.3) is 0 Å². The maximum atomic E-state index is 13.8. The number of rotatable bonds is 5. The molecule has 0 spiro atoms. The van der Waals surface area contributed by atoms with Crippen LogP contribution in [-0.2, 0) is 15.6 Å². The molecule has 104 valence electrons. The molecule has 1 aliphatic rings. The molecule has 0 radical (unpaired) electrons. The maximum Gasteiger partial charge on any atom is 0.305 e. The van der Waals surface area contributed by atoms with E-state index in [1.807, 2.05) is 0 Å². The zero-order valence-corrected chi connectivity index (χ0v) is 10.8. The third-order valence-electron chi connectivity index (χ3n) is 2.99. The Kier molecular flexibility index (Phi) is 3.81. The topological polar surface area (TPSA) is 89.3 Å². The lowest BCUT2D eigenvalue weighted by atomic mass is 10.1. The molecule has 6 nitrogen and oxygen atoms in total. The zero-order valence-electron chi connectivity index (χ0n) is 10.0. The Morgan fingerprint density at radius 1 is 1.42 bits per heavy atom. The van der Waals surface area contributed by atoms with Crippen molar-refractivity contribution >= 4 is 15.5 Å². The number of nitro benzene ring substituents is 1. The van der Waals surface area contributed by atoms with Gasteiger partial charge in [-0.1, -0.05) is 12.1 Å². The molecular weight excluding hydrogens is 275 g/mol. The Hall–Kier alpha value is -1.54. The van der Waals surface area contributed by atoms with Crippen LogP contribution < -0.4 is 5.32 Å². The smallest absolute Gasteiger partial charge is 0.305 e. The standard InChI is InChI=1S/C11H13FN2O4S/c12-11-9(2-1-3-10(11)14(15)16)7-19(17,18)6-8-4-13-5-8/h1-3,8,13H,4-7H2. The van der Waals surface area contributed by atoms with Gasteiger partial charge in [-0.05, 0) is 5.92 Å². The fourth-order valence-electron chi connectivity index (χ4n) is 1.94. The highest BCUT2D eigenvalue weighted by Crippen LogP contribution is 2.22. The number of hydrogen-bond acceptors (Lipinski definition) is 5. The van der Waals surface area contributed by atoms with Crippen LogP contribution in [0.25, 0.3) is 0 Å². The monoisotopic (exact) mass is 288 g/mol. The van der Waals surface area contributed by atoms with E-state index >= 15 is 0 Å². The van der Waals surface area contributed by atoms with E-state index in [9.17, 15) is 22.9 Å². The quantitative estimate of drug-likeness (QED) is 0.641. The summed E-state index contributed by atoms with van der Waals surface area (Å²) < 4.78 is 37.5. The molecule has 0 unspecified atom stereocenters. The second-order valence-electron chi connectivity index (χ2n) is 4.59. The van der Waals surface area contributed by atoms with Gasteiger partial charge >= 0.3 is 5.69 Å². The molecule has 0 bridgehead atoms. The molecule has 8 heteroatoms. The van der Waals surface area contributed by atoms with Crippen molar-refractivity contribution in [3.63, 3.8) is 0 Å². The summed E-state index contributed by atoms with van der Waals surface area (Å²) in [5.41, 5.74) is -0.848. The van der Waals surface area contributed by atoms with Crippen LogP contribution in [0.4, 0.5) is 10.1 Å². The van der Waals surface area contributed by atoms with Crippen molar-refractivity contribution in [1.29, 1.82) is 0 Å². The molecule has 1 aromatic rings. The van der Waals surface area contributed by atoms with E-state index in [2.05, 4.69) is 5.32 Å². The second kappa shape index (κ2) is 5.22. The molecule has 2 rings (SSSR count). The first-order chi connectivity index (χ1) is 8.89. The first-order valence-electron chi connectivity index (χ1n) is 5.72. The number of nitrogens with zero attached hydrogens (tertiary/aromatic N) is 1. The van der Waals surface area contributed by atoms with Gasteiger partial charge < -0.3 is 5.32 Å². The van der Waals surface area contributed by atoms with Crippen LogP contribution in [0.2, 0.25) is 0 Å². The number of sulfone groups is 1. The lowest BCUT2D eigenvalue weighted by Gasteiger charge is -2.26. The minimum Gasteiger partial charge on any atom is -0.316 e. The van der Waals surface area contributed by atoms with Crippen molar-refractivity contribution in [1.82, 2.24) is 5.32 Å². The molecule has 1 heterocycles. The third-order valence-corrected chi connectivity index (χ3v) is 4.72. The van der Waals surface area contributed by atoms with Gasteiger partial charge in [-0.25, -0.2) is 8.42 Å². The van der Waals surface area contributed by atoms with Gasteiger partial charge in [0.2, 0.25) is 5.82 Å². The predicted molar refractivity (Wildman–Crippen MR) is 66.9 cm³/mol. The lowest BCUT2D eigenvalue weighted by molar-refractivity contribution is -0.387. The molecule has 1 N–H and O–H groups in total. The number of nitrogens with one attached hydrogen (secondary N) is 1. The van der Waals surface area contributed by atoms with E-state index < -0.39 is 32.0 Å². The summed E-state index contributed by atoms with van der Waals surface area (Å²) in [4.78, 5) is 9.72. The van der Waals surface area contributed by atoms with E-state index in [-0.39, 0.29) is 17.2 Å². The van der Waals surface area contributed by atoms with Crippen LogP contribution in [-0.4, -0.2) is 32.2 Å². The van der Waals surface area contributed by atoms with Crippen LogP contribution in [0.15, 0.2) is 18.2 Å². The summed E-state index contributed by atoms with van der Waals surface area (Å²) in [7, 11) is -3.46. The van der Waals surface area contributed by atoms with E-state index in [1.54, 1.807) is 0 Å². The van der Waals surface area contributed by atoms with Gasteiger partial charge in [0, 0.05) is 24.7 Å². The van der Waals surface area contributed by atoms with Gasteiger partial charge in [-0.15, -0.1) is 0 Å².